The Morgan fingerprint density at radius 1 is 1.23 bits per heavy atom. The van der Waals surface area contributed by atoms with E-state index in [9.17, 15) is 21.9 Å². The van der Waals surface area contributed by atoms with Crippen molar-refractivity contribution >= 4 is 28.1 Å². The predicted octanol–water partition coefficient (Wildman–Crippen LogP) is 2.19. The summed E-state index contributed by atoms with van der Waals surface area (Å²) in [4.78, 5) is 25.7. The second-order valence-electron chi connectivity index (χ2n) is 6.00. The number of nitrogens with one attached hydrogen (secondary N) is 2. The molecule has 1 fully saturated rings. The van der Waals surface area contributed by atoms with Crippen molar-refractivity contribution in [3.63, 3.8) is 0 Å². The Bertz CT molecular complexity index is 731. The number of hydrogen-bond acceptors (Lipinski definition) is 5. The topological polar surface area (TPSA) is 105 Å². The molecule has 8 nitrogen and oxygen atoms in total. The third-order valence-electron chi connectivity index (χ3n) is 3.95. The number of hydrogen-bond donors (Lipinski definition) is 2. The van der Waals surface area contributed by atoms with Crippen LogP contribution in [0.2, 0.25) is 0 Å². The van der Waals surface area contributed by atoms with Gasteiger partial charge in [-0.15, -0.1) is 0 Å². The van der Waals surface area contributed by atoms with Crippen LogP contribution in [0.25, 0.3) is 0 Å². The zero-order valence-electron chi connectivity index (χ0n) is 14.4. The smallest absolute Gasteiger partial charge is 0.358 e. The van der Waals surface area contributed by atoms with Crippen LogP contribution < -0.4 is 14.8 Å². The van der Waals surface area contributed by atoms with Gasteiger partial charge in [-0.05, 0) is 43.5 Å². The van der Waals surface area contributed by atoms with E-state index in [1.807, 2.05) is 11.8 Å². The van der Waals surface area contributed by atoms with Gasteiger partial charge in [-0.1, -0.05) is 10.8 Å². The maximum atomic E-state index is 12.4. The molecule has 0 bridgehead atoms. The molecule has 2 rings (SSSR count). The number of likely N-dealkylation sites (tertiary alicyclic amines) is 1. The van der Waals surface area contributed by atoms with Gasteiger partial charge in [-0.2, -0.15) is 8.42 Å². The van der Waals surface area contributed by atoms with Crippen LogP contribution in [0, 0.1) is 0 Å². The highest BCUT2D eigenvalue weighted by Gasteiger charge is 2.23. The Labute approximate surface area is 152 Å². The minimum atomic E-state index is -5.07. The highest BCUT2D eigenvalue weighted by atomic mass is 32.3. The number of carbonyl (C=O) groups excluding carboxylic acids is 2. The Balaban J connectivity index is 1.78. The van der Waals surface area contributed by atoms with Crippen molar-refractivity contribution in [3.05, 3.63) is 24.3 Å². The van der Waals surface area contributed by atoms with Crippen molar-refractivity contribution in [2.45, 2.75) is 38.6 Å². The van der Waals surface area contributed by atoms with Gasteiger partial charge in [0, 0.05) is 31.2 Å². The van der Waals surface area contributed by atoms with Crippen molar-refractivity contribution < 1.29 is 26.1 Å². The van der Waals surface area contributed by atoms with Crippen LogP contribution in [0.4, 0.5) is 14.4 Å². The van der Waals surface area contributed by atoms with E-state index in [0.29, 0.717) is 38.0 Å². The molecule has 0 aromatic heterocycles. The van der Waals surface area contributed by atoms with Crippen LogP contribution in [-0.4, -0.2) is 44.4 Å². The molecule has 1 saturated heterocycles. The van der Waals surface area contributed by atoms with Crippen molar-refractivity contribution in [3.8, 4) is 5.75 Å². The standard InChI is InChI=1S/C16H22FN3O5S/c1-2-3-15(21)20-10-8-13(9-11-20)19-16(22)18-12-4-6-14(7-5-12)25-26(17,23)24/h4-7,13H,2-3,8-11H2,1H3,(H2,18,19,22). The van der Waals surface area contributed by atoms with Crippen molar-refractivity contribution in [2.75, 3.05) is 18.4 Å². The lowest BCUT2D eigenvalue weighted by Gasteiger charge is -2.32. The normalized spacial score (nSPS) is 15.4. The highest BCUT2D eigenvalue weighted by Crippen LogP contribution is 2.18. The van der Waals surface area contributed by atoms with Crippen molar-refractivity contribution in [1.82, 2.24) is 10.2 Å². The molecule has 144 valence electrons. The van der Waals surface area contributed by atoms with Gasteiger partial charge < -0.3 is 19.7 Å². The first-order valence-electron chi connectivity index (χ1n) is 8.36. The van der Waals surface area contributed by atoms with Crippen molar-refractivity contribution in [2.24, 2.45) is 0 Å². The van der Waals surface area contributed by atoms with Gasteiger partial charge in [0.25, 0.3) is 0 Å². The molecule has 26 heavy (non-hydrogen) atoms. The average molecular weight is 387 g/mol. The Morgan fingerprint density at radius 3 is 2.38 bits per heavy atom. The summed E-state index contributed by atoms with van der Waals surface area (Å²) in [5, 5.41) is 5.44. The van der Waals surface area contributed by atoms with E-state index in [-0.39, 0.29) is 17.7 Å². The Morgan fingerprint density at radius 2 is 1.85 bits per heavy atom. The molecule has 3 amide bonds. The monoisotopic (exact) mass is 387 g/mol. The SMILES string of the molecule is CCCC(=O)N1CCC(NC(=O)Nc2ccc(OS(=O)(=O)F)cc2)CC1. The first kappa shape index (κ1) is 20.0. The zero-order valence-corrected chi connectivity index (χ0v) is 15.2. The molecule has 0 spiro atoms. The van der Waals surface area contributed by atoms with Crippen molar-refractivity contribution in [1.29, 1.82) is 0 Å². The molecule has 1 heterocycles. The lowest BCUT2D eigenvalue weighted by Crippen LogP contribution is -2.47. The molecule has 10 heteroatoms. The molecule has 0 atom stereocenters. The summed E-state index contributed by atoms with van der Waals surface area (Å²) in [7, 11) is -5.07. The summed E-state index contributed by atoms with van der Waals surface area (Å²) in [5.41, 5.74) is 0.404. The molecule has 1 aromatic carbocycles. The van der Waals surface area contributed by atoms with E-state index >= 15 is 0 Å². The van der Waals surface area contributed by atoms with E-state index in [1.54, 1.807) is 0 Å². The zero-order chi connectivity index (χ0) is 19.2. The van der Waals surface area contributed by atoms with Crippen LogP contribution in [0.5, 0.6) is 5.75 Å². The van der Waals surface area contributed by atoms with Gasteiger partial charge >= 0.3 is 16.5 Å². The van der Waals surface area contributed by atoms with E-state index in [0.717, 1.165) is 6.42 Å². The van der Waals surface area contributed by atoms with Gasteiger partial charge in [-0.25, -0.2) is 4.79 Å². The molecule has 1 aliphatic heterocycles. The molecular formula is C16H22FN3O5S. The summed E-state index contributed by atoms with van der Waals surface area (Å²) in [6.45, 7) is 3.20. The van der Waals surface area contributed by atoms with Gasteiger partial charge in [-0.3, -0.25) is 4.79 Å². The third kappa shape index (κ3) is 6.51. The summed E-state index contributed by atoms with van der Waals surface area (Å²) >= 11 is 0. The first-order chi connectivity index (χ1) is 12.3. The van der Waals surface area contributed by atoms with Gasteiger partial charge in [0.2, 0.25) is 5.91 Å². The summed E-state index contributed by atoms with van der Waals surface area (Å²) in [5.74, 6) is -0.0458. The number of benzene rings is 1. The van der Waals surface area contributed by atoms with E-state index in [4.69, 9.17) is 0 Å². The molecular weight excluding hydrogens is 365 g/mol. The maximum absolute atomic E-state index is 12.4. The summed E-state index contributed by atoms with van der Waals surface area (Å²) < 4.78 is 37.3. The Hall–Kier alpha value is -2.36. The lowest BCUT2D eigenvalue weighted by molar-refractivity contribution is -0.132. The average Bonchev–Trinajstić information content (AvgIpc) is 2.56. The van der Waals surface area contributed by atoms with E-state index in [1.165, 1.54) is 24.3 Å². The fourth-order valence-electron chi connectivity index (χ4n) is 2.71. The lowest BCUT2D eigenvalue weighted by atomic mass is 10.0. The van der Waals surface area contributed by atoms with Crippen LogP contribution in [0.15, 0.2) is 24.3 Å². The number of carbonyl (C=O) groups is 2. The van der Waals surface area contributed by atoms with E-state index in [2.05, 4.69) is 14.8 Å². The fourth-order valence-corrected chi connectivity index (χ4v) is 3.05. The van der Waals surface area contributed by atoms with Crippen LogP contribution in [0.1, 0.15) is 32.6 Å². The van der Waals surface area contributed by atoms with Crippen LogP contribution in [-0.2, 0) is 15.3 Å². The second kappa shape index (κ2) is 8.84. The maximum Gasteiger partial charge on any atom is 0.488 e. The third-order valence-corrected chi connectivity index (χ3v) is 4.35. The number of nitrogens with zero attached hydrogens (tertiary/aromatic N) is 1. The highest BCUT2D eigenvalue weighted by molar-refractivity contribution is 7.81. The number of amides is 3. The number of piperidine rings is 1. The largest absolute Gasteiger partial charge is 0.488 e. The molecule has 2 N–H and O–H groups in total. The number of anilines is 1. The van der Waals surface area contributed by atoms with Gasteiger partial charge in [0.1, 0.15) is 5.75 Å². The number of halogens is 1. The summed E-state index contributed by atoms with van der Waals surface area (Å²) in [6, 6.07) is 4.81. The molecule has 0 saturated carbocycles. The molecule has 1 aliphatic rings. The van der Waals surface area contributed by atoms with E-state index < -0.39 is 16.5 Å². The quantitative estimate of drug-likeness (QED) is 0.728. The van der Waals surface area contributed by atoms with Gasteiger partial charge in [0.05, 0.1) is 0 Å². The van der Waals surface area contributed by atoms with Crippen LogP contribution in [0.3, 0.4) is 0 Å². The second-order valence-corrected chi connectivity index (χ2v) is 6.96. The minimum Gasteiger partial charge on any atom is -0.358 e. The fraction of sp³-hybridized carbons (Fsp3) is 0.500. The first-order valence-corrected chi connectivity index (χ1v) is 9.67. The number of urea groups is 1. The minimum absolute atomic E-state index is 0.0278. The summed E-state index contributed by atoms with van der Waals surface area (Å²) in [6.07, 6.45) is 2.73. The van der Waals surface area contributed by atoms with Gasteiger partial charge in [0.15, 0.2) is 0 Å². The molecule has 0 unspecified atom stereocenters. The molecule has 0 aliphatic carbocycles. The predicted molar refractivity (Wildman–Crippen MR) is 93.8 cm³/mol. The van der Waals surface area contributed by atoms with Crippen LogP contribution >= 0.6 is 0 Å². The molecule has 0 radical (unpaired) electrons. The Kier molecular flexibility index (Phi) is 6.78. The number of rotatable bonds is 6. The molecule has 1 aromatic rings.